The first-order chi connectivity index (χ1) is 8.53. The smallest absolute Gasteiger partial charge is 0.305 e. The Balaban J connectivity index is 5.37. The van der Waals surface area contributed by atoms with E-state index in [0.29, 0.717) is 18.5 Å². The van der Waals surface area contributed by atoms with E-state index in [0.717, 1.165) is 31.3 Å². The van der Waals surface area contributed by atoms with Gasteiger partial charge in [0.25, 0.3) is 0 Å². The molecule has 0 radical (unpaired) electrons. The molecular formula is C14H27O3P. The molecule has 3 nitrogen and oxygen atoms in total. The monoisotopic (exact) mass is 274 g/mol. The molecule has 4 heteroatoms. The van der Waals surface area contributed by atoms with Gasteiger partial charge in [-0.1, -0.05) is 20.3 Å². The zero-order valence-corrected chi connectivity index (χ0v) is 13.3. The predicted octanol–water partition coefficient (Wildman–Crippen LogP) is 5.28. The summed E-state index contributed by atoms with van der Waals surface area (Å²) in [4.78, 5) is 0. The fraction of sp³-hybridized carbons (Fsp3) is 0.786. The van der Waals surface area contributed by atoms with Gasteiger partial charge in [0.1, 0.15) is 0 Å². The highest BCUT2D eigenvalue weighted by molar-refractivity contribution is 7.58. The van der Waals surface area contributed by atoms with E-state index >= 15 is 0 Å². The van der Waals surface area contributed by atoms with Crippen LogP contribution in [-0.4, -0.2) is 13.2 Å². The van der Waals surface area contributed by atoms with Crippen molar-refractivity contribution >= 4 is 7.60 Å². The molecule has 0 saturated carbocycles. The Hall–Kier alpha value is -0.330. The van der Waals surface area contributed by atoms with E-state index in [2.05, 4.69) is 19.6 Å². The van der Waals surface area contributed by atoms with Gasteiger partial charge in [0, 0.05) is 0 Å². The quantitative estimate of drug-likeness (QED) is 0.424. The average Bonchev–Trinajstić information content (AvgIpc) is 2.34. The zero-order valence-electron chi connectivity index (χ0n) is 12.4. The number of hydrogen-bond donors (Lipinski definition) is 0. The Morgan fingerprint density at radius 1 is 1.11 bits per heavy atom. The summed E-state index contributed by atoms with van der Waals surface area (Å²) in [7, 11) is -3.14. The topological polar surface area (TPSA) is 35.5 Å². The average molecular weight is 274 g/mol. The summed E-state index contributed by atoms with van der Waals surface area (Å²) in [6.45, 7) is 10.6. The maximum absolute atomic E-state index is 12.7. The third-order valence-corrected chi connectivity index (χ3v) is 4.78. The van der Waals surface area contributed by atoms with Crippen LogP contribution in [0.15, 0.2) is 16.6 Å². The van der Waals surface area contributed by atoms with Crippen LogP contribution in [0.2, 0.25) is 0 Å². The van der Waals surface area contributed by atoms with Gasteiger partial charge in [-0.15, -0.1) is 5.73 Å². The molecule has 0 fully saturated rings. The highest BCUT2D eigenvalue weighted by Crippen LogP contribution is 2.57. The third kappa shape index (κ3) is 6.02. The van der Waals surface area contributed by atoms with Crippen molar-refractivity contribution in [3.8, 4) is 0 Å². The summed E-state index contributed by atoms with van der Waals surface area (Å²) in [5, 5.41) is 0.701. The van der Waals surface area contributed by atoms with Gasteiger partial charge in [-0.2, -0.15) is 0 Å². The lowest BCUT2D eigenvalue weighted by atomic mass is 10.2. The summed E-state index contributed by atoms with van der Waals surface area (Å²) in [5.41, 5.74) is 4.32. The molecule has 0 rings (SSSR count). The second-order valence-corrected chi connectivity index (χ2v) is 6.19. The Morgan fingerprint density at radius 2 is 1.67 bits per heavy atom. The molecule has 0 aliphatic rings. The summed E-state index contributed by atoms with van der Waals surface area (Å²) >= 11 is 0. The molecule has 0 aromatic carbocycles. The van der Waals surface area contributed by atoms with E-state index in [1.54, 1.807) is 0 Å². The molecule has 0 heterocycles. The van der Waals surface area contributed by atoms with Gasteiger partial charge in [0.05, 0.1) is 18.5 Å². The SMILES string of the molecule is CCCCC(=C=C(C)CC)P(=O)(OCC)OCC. The zero-order chi connectivity index (χ0) is 14.0. The van der Waals surface area contributed by atoms with Crippen LogP contribution in [0.1, 0.15) is 60.3 Å². The van der Waals surface area contributed by atoms with Gasteiger partial charge in [-0.3, -0.25) is 4.57 Å². The van der Waals surface area contributed by atoms with E-state index in [4.69, 9.17) is 9.05 Å². The van der Waals surface area contributed by atoms with E-state index in [1.807, 2.05) is 20.8 Å². The van der Waals surface area contributed by atoms with E-state index in [9.17, 15) is 4.57 Å². The highest BCUT2D eigenvalue weighted by atomic mass is 31.2. The molecule has 0 aliphatic heterocycles. The van der Waals surface area contributed by atoms with Crippen molar-refractivity contribution in [1.29, 1.82) is 0 Å². The van der Waals surface area contributed by atoms with Gasteiger partial charge in [-0.05, 0) is 45.6 Å². The fourth-order valence-electron chi connectivity index (χ4n) is 1.48. The van der Waals surface area contributed by atoms with Crippen LogP contribution in [0.4, 0.5) is 0 Å². The molecule has 18 heavy (non-hydrogen) atoms. The van der Waals surface area contributed by atoms with Crippen molar-refractivity contribution in [3.63, 3.8) is 0 Å². The van der Waals surface area contributed by atoms with E-state index in [1.165, 1.54) is 0 Å². The van der Waals surface area contributed by atoms with Crippen molar-refractivity contribution in [1.82, 2.24) is 0 Å². The van der Waals surface area contributed by atoms with Crippen molar-refractivity contribution in [2.45, 2.75) is 60.3 Å². The van der Waals surface area contributed by atoms with Crippen molar-refractivity contribution in [2.24, 2.45) is 0 Å². The summed E-state index contributed by atoms with van der Waals surface area (Å²) in [6.07, 6.45) is 3.65. The molecule has 0 N–H and O–H groups in total. The second-order valence-electron chi connectivity index (χ2n) is 4.14. The Labute approximate surface area is 112 Å². The minimum Gasteiger partial charge on any atom is -0.305 e. The number of unbranched alkanes of at least 4 members (excludes halogenated alkanes) is 1. The van der Waals surface area contributed by atoms with Gasteiger partial charge < -0.3 is 9.05 Å². The maximum Gasteiger partial charge on any atom is 0.364 e. The van der Waals surface area contributed by atoms with Gasteiger partial charge >= 0.3 is 7.60 Å². The van der Waals surface area contributed by atoms with Crippen LogP contribution in [0.25, 0.3) is 0 Å². The minimum absolute atomic E-state index is 0.389. The first-order valence-corrected chi connectivity index (χ1v) is 8.43. The van der Waals surface area contributed by atoms with E-state index < -0.39 is 7.60 Å². The summed E-state index contributed by atoms with van der Waals surface area (Å²) < 4.78 is 23.5. The Kier molecular flexibility index (Phi) is 9.40. The third-order valence-electron chi connectivity index (χ3n) is 2.58. The molecule has 106 valence electrons. The molecule has 0 atom stereocenters. The van der Waals surface area contributed by atoms with Crippen LogP contribution < -0.4 is 0 Å². The highest BCUT2D eigenvalue weighted by Gasteiger charge is 2.29. The molecule has 0 unspecified atom stereocenters. The number of hydrogen-bond acceptors (Lipinski definition) is 3. The molecular weight excluding hydrogens is 247 g/mol. The molecule has 0 spiro atoms. The fourth-order valence-corrected chi connectivity index (χ4v) is 3.31. The lowest BCUT2D eigenvalue weighted by Crippen LogP contribution is -1.99. The van der Waals surface area contributed by atoms with Crippen LogP contribution in [0.5, 0.6) is 0 Å². The lowest BCUT2D eigenvalue weighted by molar-refractivity contribution is 0.225. The Bertz CT molecular complexity index is 331. The molecule has 0 aliphatic carbocycles. The number of allylic oxidation sites excluding steroid dienone is 1. The Morgan fingerprint density at radius 3 is 2.06 bits per heavy atom. The van der Waals surface area contributed by atoms with Gasteiger partial charge in [0.2, 0.25) is 0 Å². The second kappa shape index (κ2) is 9.58. The molecule has 0 aromatic rings. The van der Waals surface area contributed by atoms with Crippen molar-refractivity contribution in [2.75, 3.05) is 13.2 Å². The van der Waals surface area contributed by atoms with Gasteiger partial charge in [-0.25, -0.2) is 0 Å². The first-order valence-electron chi connectivity index (χ1n) is 6.88. The van der Waals surface area contributed by atoms with Gasteiger partial charge in [0.15, 0.2) is 0 Å². The summed E-state index contributed by atoms with van der Waals surface area (Å²) in [6, 6.07) is 0. The van der Waals surface area contributed by atoms with Crippen LogP contribution >= 0.6 is 7.60 Å². The molecule has 0 saturated heterocycles. The molecule has 0 aromatic heterocycles. The largest absolute Gasteiger partial charge is 0.364 e. The van der Waals surface area contributed by atoms with Crippen molar-refractivity contribution in [3.05, 3.63) is 16.6 Å². The predicted molar refractivity (Wildman–Crippen MR) is 76.9 cm³/mol. The lowest BCUT2D eigenvalue weighted by Gasteiger charge is -2.18. The van der Waals surface area contributed by atoms with Crippen LogP contribution in [0.3, 0.4) is 0 Å². The van der Waals surface area contributed by atoms with Crippen molar-refractivity contribution < 1.29 is 13.6 Å². The standard InChI is InChI=1S/C14H27O3P/c1-6-10-11-14(12-13(5)7-2)18(15,16-8-3)17-9-4/h6-11H2,1-5H3. The molecule has 0 amide bonds. The normalized spacial score (nSPS) is 11.2. The number of rotatable bonds is 9. The molecule has 0 bridgehead atoms. The summed E-state index contributed by atoms with van der Waals surface area (Å²) in [5.74, 6) is 0. The minimum atomic E-state index is -3.14. The first kappa shape index (κ1) is 17.7. The van der Waals surface area contributed by atoms with Crippen LogP contribution in [0, 0.1) is 0 Å². The van der Waals surface area contributed by atoms with E-state index in [-0.39, 0.29) is 0 Å². The maximum atomic E-state index is 12.7. The van der Waals surface area contributed by atoms with Crippen LogP contribution in [-0.2, 0) is 13.6 Å².